The molecule has 2 unspecified atom stereocenters. The molecule has 0 radical (unpaired) electrons. The molecule has 2 N–H and O–H groups in total. The molecule has 2 rings (SSSR count). The molecular formula is C20H35IN4O2S. The number of hydrogen-bond donors (Lipinski definition) is 2. The highest BCUT2D eigenvalue weighted by Crippen LogP contribution is 2.29. The van der Waals surface area contributed by atoms with Crippen LogP contribution in [0.2, 0.25) is 0 Å². The maximum Gasteiger partial charge on any atom is 0.191 e. The van der Waals surface area contributed by atoms with Gasteiger partial charge in [-0.1, -0.05) is 12.1 Å². The average molecular weight is 522 g/mol. The van der Waals surface area contributed by atoms with E-state index >= 15 is 0 Å². The molecule has 0 spiro atoms. The highest BCUT2D eigenvalue weighted by atomic mass is 127. The van der Waals surface area contributed by atoms with Gasteiger partial charge in [0.15, 0.2) is 5.96 Å². The van der Waals surface area contributed by atoms with Gasteiger partial charge in [0.05, 0.1) is 12.8 Å². The van der Waals surface area contributed by atoms with Gasteiger partial charge < -0.3 is 20.3 Å². The zero-order valence-corrected chi connectivity index (χ0v) is 20.8. The van der Waals surface area contributed by atoms with Crippen LogP contribution in [0.5, 0.6) is 5.75 Å². The molecule has 1 aliphatic heterocycles. The summed E-state index contributed by atoms with van der Waals surface area (Å²) in [4.78, 5) is 6.69. The smallest absolute Gasteiger partial charge is 0.191 e. The van der Waals surface area contributed by atoms with Crippen molar-refractivity contribution in [1.82, 2.24) is 10.6 Å². The first-order valence-corrected chi connectivity index (χ1v) is 10.9. The topological polar surface area (TPSA) is 66.0 Å². The number of anilines is 1. The second kappa shape index (κ2) is 11.8. The zero-order valence-electron chi connectivity index (χ0n) is 17.7. The quantitative estimate of drug-likeness (QED) is 0.342. The Morgan fingerprint density at radius 3 is 2.71 bits per heavy atom. The predicted octanol–water partition coefficient (Wildman–Crippen LogP) is 2.99. The van der Waals surface area contributed by atoms with E-state index in [0.717, 1.165) is 43.3 Å². The Morgan fingerprint density at radius 1 is 1.36 bits per heavy atom. The van der Waals surface area contributed by atoms with E-state index in [4.69, 9.17) is 4.74 Å². The molecule has 1 heterocycles. The lowest BCUT2D eigenvalue weighted by Gasteiger charge is -2.36. The Bertz CT molecular complexity index is 664. The van der Waals surface area contributed by atoms with Gasteiger partial charge in [0, 0.05) is 54.0 Å². The van der Waals surface area contributed by atoms with Gasteiger partial charge in [0.2, 0.25) is 0 Å². The summed E-state index contributed by atoms with van der Waals surface area (Å²) in [5, 5.41) is 6.81. The Balaban J connectivity index is 0.00000392. The first-order chi connectivity index (χ1) is 12.8. The summed E-state index contributed by atoms with van der Waals surface area (Å²) in [7, 11) is 2.62. The second-order valence-electron chi connectivity index (χ2n) is 7.76. The van der Waals surface area contributed by atoms with Crippen LogP contribution in [0.1, 0.15) is 33.6 Å². The van der Waals surface area contributed by atoms with Crippen molar-refractivity contribution in [2.24, 2.45) is 4.99 Å². The molecule has 0 amide bonds. The molecular weight excluding hydrogens is 487 g/mol. The maximum absolute atomic E-state index is 12.2. The van der Waals surface area contributed by atoms with Crippen molar-refractivity contribution >= 4 is 46.4 Å². The largest absolute Gasteiger partial charge is 0.495 e. The molecule has 0 aromatic heterocycles. The van der Waals surface area contributed by atoms with E-state index in [1.165, 1.54) is 0 Å². The number of guanidine groups is 1. The lowest BCUT2D eigenvalue weighted by atomic mass is 10.0. The minimum Gasteiger partial charge on any atom is -0.495 e. The van der Waals surface area contributed by atoms with Crippen LogP contribution in [0.25, 0.3) is 0 Å². The average Bonchev–Trinajstić information content (AvgIpc) is 2.66. The number of nitrogens with one attached hydrogen (secondary N) is 2. The minimum absolute atomic E-state index is 0. The predicted molar refractivity (Wildman–Crippen MR) is 131 cm³/mol. The van der Waals surface area contributed by atoms with Crippen LogP contribution in [-0.2, 0) is 10.8 Å². The van der Waals surface area contributed by atoms with Crippen molar-refractivity contribution in [3.05, 3.63) is 24.3 Å². The lowest BCUT2D eigenvalue weighted by molar-refractivity contribution is 0.408. The van der Waals surface area contributed by atoms with Gasteiger partial charge in [-0.25, -0.2) is 0 Å². The molecule has 1 aromatic carbocycles. The van der Waals surface area contributed by atoms with Gasteiger partial charge >= 0.3 is 0 Å². The van der Waals surface area contributed by atoms with Crippen molar-refractivity contribution < 1.29 is 8.95 Å². The molecule has 0 bridgehead atoms. The van der Waals surface area contributed by atoms with Crippen LogP contribution < -0.4 is 20.3 Å². The Labute approximate surface area is 189 Å². The number of aliphatic imine (C=N–C) groups is 1. The Morgan fingerprint density at radius 2 is 2.07 bits per heavy atom. The number of para-hydroxylation sites is 2. The normalized spacial score (nSPS) is 18.8. The first-order valence-electron chi connectivity index (χ1n) is 9.58. The second-order valence-corrected chi connectivity index (χ2v) is 10.1. The van der Waals surface area contributed by atoms with E-state index in [9.17, 15) is 4.21 Å². The van der Waals surface area contributed by atoms with Crippen molar-refractivity contribution in [1.29, 1.82) is 0 Å². The van der Waals surface area contributed by atoms with Crippen LogP contribution in [0.15, 0.2) is 29.3 Å². The van der Waals surface area contributed by atoms with Crippen molar-refractivity contribution in [2.75, 3.05) is 44.4 Å². The summed E-state index contributed by atoms with van der Waals surface area (Å²) in [6.45, 7) is 8.58. The fourth-order valence-electron chi connectivity index (χ4n) is 3.16. The van der Waals surface area contributed by atoms with Crippen LogP contribution in [0, 0.1) is 0 Å². The number of rotatable bonds is 6. The summed E-state index contributed by atoms with van der Waals surface area (Å²) >= 11 is 0. The van der Waals surface area contributed by atoms with Gasteiger partial charge in [0.1, 0.15) is 5.75 Å². The number of ether oxygens (including phenoxy) is 1. The van der Waals surface area contributed by atoms with Crippen LogP contribution >= 0.6 is 24.0 Å². The third-order valence-electron chi connectivity index (χ3n) is 4.67. The molecule has 1 aromatic rings. The summed E-state index contributed by atoms with van der Waals surface area (Å²) in [6, 6.07) is 8.46. The Hall–Kier alpha value is -1.03. The van der Waals surface area contributed by atoms with E-state index in [0.29, 0.717) is 18.3 Å². The molecule has 0 aliphatic carbocycles. The summed E-state index contributed by atoms with van der Waals surface area (Å²) in [5.41, 5.74) is 1.13. The first kappa shape index (κ1) is 25.0. The van der Waals surface area contributed by atoms with E-state index in [2.05, 4.69) is 26.6 Å². The van der Waals surface area contributed by atoms with Crippen molar-refractivity contribution in [3.63, 3.8) is 0 Å². The van der Waals surface area contributed by atoms with E-state index < -0.39 is 10.8 Å². The van der Waals surface area contributed by atoms with Crippen LogP contribution in [-0.4, -0.2) is 60.5 Å². The van der Waals surface area contributed by atoms with Gasteiger partial charge in [0.25, 0.3) is 0 Å². The molecule has 0 saturated carbocycles. The van der Waals surface area contributed by atoms with Crippen molar-refractivity contribution in [3.8, 4) is 5.75 Å². The molecule has 160 valence electrons. The number of halogens is 1. The summed E-state index contributed by atoms with van der Waals surface area (Å²) < 4.78 is 17.5. The third-order valence-corrected chi connectivity index (χ3v) is 6.62. The number of piperidine rings is 1. The molecule has 28 heavy (non-hydrogen) atoms. The van der Waals surface area contributed by atoms with Crippen molar-refractivity contribution in [2.45, 2.75) is 44.4 Å². The maximum atomic E-state index is 12.2. The molecule has 2 atom stereocenters. The molecule has 8 heteroatoms. The van der Waals surface area contributed by atoms with Gasteiger partial charge in [-0.2, -0.15) is 0 Å². The SMILES string of the molecule is CN=C(NCCS(=O)C(C)(C)C)NC1CCCN(c2ccccc2OC)C1.I. The summed E-state index contributed by atoms with van der Waals surface area (Å²) in [5.74, 6) is 2.29. The van der Waals surface area contributed by atoms with E-state index in [1.807, 2.05) is 39.0 Å². The fourth-order valence-corrected chi connectivity index (χ4v) is 4.06. The van der Waals surface area contributed by atoms with Gasteiger partial charge in [-0.3, -0.25) is 9.20 Å². The molecule has 1 fully saturated rings. The summed E-state index contributed by atoms with van der Waals surface area (Å²) in [6.07, 6.45) is 2.21. The molecule has 6 nitrogen and oxygen atoms in total. The number of hydrogen-bond acceptors (Lipinski definition) is 4. The fraction of sp³-hybridized carbons (Fsp3) is 0.650. The van der Waals surface area contributed by atoms with Crippen LogP contribution in [0.3, 0.4) is 0 Å². The van der Waals surface area contributed by atoms with Gasteiger partial charge in [-0.05, 0) is 45.7 Å². The Kier molecular flexibility index (Phi) is 10.6. The highest BCUT2D eigenvalue weighted by Gasteiger charge is 2.23. The lowest BCUT2D eigenvalue weighted by Crippen LogP contribution is -2.51. The molecule has 1 saturated heterocycles. The molecule has 1 aliphatic rings. The monoisotopic (exact) mass is 522 g/mol. The van der Waals surface area contributed by atoms with E-state index in [-0.39, 0.29) is 28.7 Å². The van der Waals surface area contributed by atoms with E-state index in [1.54, 1.807) is 14.2 Å². The minimum atomic E-state index is -0.864. The third kappa shape index (κ3) is 7.42. The highest BCUT2D eigenvalue weighted by molar-refractivity contribution is 14.0. The van der Waals surface area contributed by atoms with Crippen LogP contribution in [0.4, 0.5) is 5.69 Å². The number of benzene rings is 1. The standard InChI is InChI=1S/C20H34N4O2S.HI/c1-20(2,3)27(25)14-12-22-19(21-4)23-16-9-8-13-24(15-16)17-10-6-7-11-18(17)26-5;/h6-7,10-11,16H,8-9,12-15H2,1-5H3,(H2,21,22,23);1H. The van der Waals surface area contributed by atoms with Gasteiger partial charge in [-0.15, -0.1) is 24.0 Å². The number of methoxy groups -OCH3 is 1. The zero-order chi connectivity index (χ0) is 19.9. The number of nitrogens with zero attached hydrogens (tertiary/aromatic N) is 2.